The molecule has 1 aliphatic rings. The van der Waals surface area contributed by atoms with E-state index in [1.807, 2.05) is 0 Å². The Kier molecular flexibility index (Phi) is 4.42. The molecule has 7 nitrogen and oxygen atoms in total. The van der Waals surface area contributed by atoms with Crippen molar-refractivity contribution >= 4 is 23.6 Å². The Hall–Kier alpha value is -2.57. The molecule has 0 bridgehead atoms. The molecule has 0 radical (unpaired) electrons. The summed E-state index contributed by atoms with van der Waals surface area (Å²) >= 11 is 0. The van der Waals surface area contributed by atoms with E-state index < -0.39 is 17.9 Å². The number of carbonyl (C=O) groups is 3. The van der Waals surface area contributed by atoms with Crippen molar-refractivity contribution in [1.29, 1.82) is 0 Å². The molecule has 1 saturated carbocycles. The van der Waals surface area contributed by atoms with Crippen LogP contribution in [0.2, 0.25) is 0 Å². The van der Waals surface area contributed by atoms with Crippen molar-refractivity contribution in [1.82, 2.24) is 5.32 Å². The Morgan fingerprint density at radius 2 is 2.00 bits per heavy atom. The Morgan fingerprint density at radius 3 is 2.62 bits per heavy atom. The highest BCUT2D eigenvalue weighted by Gasteiger charge is 2.30. The summed E-state index contributed by atoms with van der Waals surface area (Å²) < 4.78 is 0. The van der Waals surface area contributed by atoms with Crippen LogP contribution in [-0.4, -0.2) is 29.1 Å². The number of carboxylic acid groups (broad SMARTS) is 1. The minimum absolute atomic E-state index is 0.133. The molecule has 2 atom stereocenters. The van der Waals surface area contributed by atoms with Gasteiger partial charge >= 0.3 is 12.0 Å². The van der Waals surface area contributed by atoms with E-state index in [2.05, 4.69) is 10.6 Å². The van der Waals surface area contributed by atoms with Crippen LogP contribution in [0, 0.1) is 5.92 Å². The summed E-state index contributed by atoms with van der Waals surface area (Å²) in [6.07, 6.45) is 1.67. The van der Waals surface area contributed by atoms with Crippen LogP contribution in [0.3, 0.4) is 0 Å². The van der Waals surface area contributed by atoms with Crippen molar-refractivity contribution in [2.45, 2.75) is 25.3 Å². The number of hydrogen-bond donors (Lipinski definition) is 4. The molecule has 1 fully saturated rings. The molecule has 1 aromatic rings. The Morgan fingerprint density at radius 1 is 1.24 bits per heavy atom. The first kappa shape index (κ1) is 14.8. The molecular weight excluding hydrogens is 274 g/mol. The molecule has 21 heavy (non-hydrogen) atoms. The predicted octanol–water partition coefficient (Wildman–Crippen LogP) is 1.16. The van der Waals surface area contributed by atoms with Gasteiger partial charge in [0, 0.05) is 17.3 Å². The molecule has 3 amide bonds. The molecule has 0 aliphatic heterocycles. The second-order valence-corrected chi connectivity index (χ2v) is 5.09. The van der Waals surface area contributed by atoms with Gasteiger partial charge in [0.15, 0.2) is 0 Å². The molecular formula is C14H17N3O4. The van der Waals surface area contributed by atoms with Crippen LogP contribution in [0.5, 0.6) is 0 Å². The zero-order valence-corrected chi connectivity index (χ0v) is 11.3. The predicted molar refractivity (Wildman–Crippen MR) is 75.9 cm³/mol. The summed E-state index contributed by atoms with van der Waals surface area (Å²) in [6.45, 7) is 0. The monoisotopic (exact) mass is 291 g/mol. The minimum atomic E-state index is -0.820. The van der Waals surface area contributed by atoms with Gasteiger partial charge in [-0.15, -0.1) is 0 Å². The largest absolute Gasteiger partial charge is 0.481 e. The number of nitrogens with two attached hydrogens (primary N) is 1. The normalized spacial score (nSPS) is 20.8. The van der Waals surface area contributed by atoms with E-state index in [-0.39, 0.29) is 11.9 Å². The van der Waals surface area contributed by atoms with Gasteiger partial charge in [0.1, 0.15) is 0 Å². The van der Waals surface area contributed by atoms with Gasteiger partial charge in [-0.3, -0.25) is 9.59 Å². The first-order valence-corrected chi connectivity index (χ1v) is 6.66. The van der Waals surface area contributed by atoms with Gasteiger partial charge in [0.05, 0.1) is 5.92 Å². The van der Waals surface area contributed by atoms with E-state index in [0.29, 0.717) is 30.5 Å². The molecule has 7 heteroatoms. The lowest BCUT2D eigenvalue weighted by Crippen LogP contribution is -2.33. The maximum absolute atomic E-state index is 12.1. The third-order valence-corrected chi connectivity index (χ3v) is 3.51. The lowest BCUT2D eigenvalue weighted by Gasteiger charge is -2.13. The first-order valence-electron chi connectivity index (χ1n) is 6.66. The number of hydrogen-bond acceptors (Lipinski definition) is 3. The van der Waals surface area contributed by atoms with E-state index in [4.69, 9.17) is 10.8 Å². The molecule has 0 unspecified atom stereocenters. The van der Waals surface area contributed by atoms with E-state index in [0.717, 1.165) is 0 Å². The van der Waals surface area contributed by atoms with Crippen LogP contribution in [0.4, 0.5) is 10.5 Å². The quantitative estimate of drug-likeness (QED) is 0.665. The van der Waals surface area contributed by atoms with Gasteiger partial charge in [-0.1, -0.05) is 6.07 Å². The molecule has 0 saturated heterocycles. The number of benzene rings is 1. The van der Waals surface area contributed by atoms with Crippen LogP contribution in [0.15, 0.2) is 24.3 Å². The average Bonchev–Trinajstić information content (AvgIpc) is 2.87. The molecule has 2 rings (SSSR count). The SMILES string of the molecule is NC(=O)Nc1cccc(C(=O)N[C@@H]2CC[C@H](C(=O)O)C2)c1. The highest BCUT2D eigenvalue weighted by Crippen LogP contribution is 2.26. The average molecular weight is 291 g/mol. The number of rotatable bonds is 4. The van der Waals surface area contributed by atoms with Gasteiger partial charge < -0.3 is 21.5 Å². The summed E-state index contributed by atoms with van der Waals surface area (Å²) in [4.78, 5) is 33.8. The summed E-state index contributed by atoms with van der Waals surface area (Å²) in [7, 11) is 0. The van der Waals surface area contributed by atoms with Crippen molar-refractivity contribution in [3.8, 4) is 0 Å². The van der Waals surface area contributed by atoms with Crippen LogP contribution >= 0.6 is 0 Å². The fourth-order valence-corrected chi connectivity index (χ4v) is 2.49. The molecule has 1 aromatic carbocycles. The number of primary amides is 1. The minimum Gasteiger partial charge on any atom is -0.481 e. The first-order chi connectivity index (χ1) is 9.95. The molecule has 0 heterocycles. The van der Waals surface area contributed by atoms with Gasteiger partial charge in [0.2, 0.25) is 0 Å². The second kappa shape index (κ2) is 6.25. The molecule has 0 spiro atoms. The molecule has 0 aromatic heterocycles. The van der Waals surface area contributed by atoms with E-state index in [1.165, 1.54) is 6.07 Å². The van der Waals surface area contributed by atoms with E-state index >= 15 is 0 Å². The summed E-state index contributed by atoms with van der Waals surface area (Å²) in [5.41, 5.74) is 5.84. The van der Waals surface area contributed by atoms with Crippen LogP contribution < -0.4 is 16.4 Å². The maximum Gasteiger partial charge on any atom is 0.316 e. The third kappa shape index (κ3) is 3.95. The van der Waals surface area contributed by atoms with E-state index in [9.17, 15) is 14.4 Å². The van der Waals surface area contributed by atoms with Crippen molar-refractivity contribution in [2.24, 2.45) is 11.7 Å². The van der Waals surface area contributed by atoms with Crippen molar-refractivity contribution in [3.63, 3.8) is 0 Å². The molecule has 5 N–H and O–H groups in total. The number of amides is 3. The number of carboxylic acids is 1. The van der Waals surface area contributed by atoms with Gasteiger partial charge in [-0.25, -0.2) is 4.79 Å². The smallest absolute Gasteiger partial charge is 0.316 e. The molecule has 112 valence electrons. The standard InChI is InChI=1S/C14H17N3O4/c15-14(21)17-10-3-1-2-8(6-10)12(18)16-11-5-4-9(7-11)13(19)20/h1-3,6,9,11H,4-5,7H2,(H,16,18)(H,19,20)(H3,15,17,21)/t9-,11+/m0/s1. The lowest BCUT2D eigenvalue weighted by molar-refractivity contribution is -0.141. The zero-order valence-electron chi connectivity index (χ0n) is 11.3. The summed E-state index contributed by atoms with van der Waals surface area (Å²) in [6, 6.07) is 5.56. The van der Waals surface area contributed by atoms with Crippen molar-refractivity contribution in [3.05, 3.63) is 29.8 Å². The lowest BCUT2D eigenvalue weighted by atomic mass is 10.1. The number of anilines is 1. The van der Waals surface area contributed by atoms with Crippen molar-refractivity contribution in [2.75, 3.05) is 5.32 Å². The van der Waals surface area contributed by atoms with Gasteiger partial charge in [-0.05, 0) is 37.5 Å². The zero-order chi connectivity index (χ0) is 15.4. The Labute approximate surface area is 121 Å². The number of carbonyl (C=O) groups excluding carboxylic acids is 2. The number of aliphatic carboxylic acids is 1. The summed E-state index contributed by atoms with van der Waals surface area (Å²) in [5, 5.41) is 14.1. The van der Waals surface area contributed by atoms with Crippen LogP contribution in [0.1, 0.15) is 29.6 Å². The number of urea groups is 1. The highest BCUT2D eigenvalue weighted by molar-refractivity contribution is 5.96. The fraction of sp³-hybridized carbons (Fsp3) is 0.357. The van der Waals surface area contributed by atoms with Gasteiger partial charge in [0.25, 0.3) is 5.91 Å². The molecule has 1 aliphatic carbocycles. The Bertz CT molecular complexity index is 573. The highest BCUT2D eigenvalue weighted by atomic mass is 16.4. The summed E-state index contributed by atoms with van der Waals surface area (Å²) in [5.74, 6) is -1.50. The topological polar surface area (TPSA) is 122 Å². The second-order valence-electron chi connectivity index (χ2n) is 5.09. The Balaban J connectivity index is 1.97. The van der Waals surface area contributed by atoms with E-state index in [1.54, 1.807) is 18.2 Å². The third-order valence-electron chi connectivity index (χ3n) is 3.51. The fourth-order valence-electron chi connectivity index (χ4n) is 2.49. The van der Waals surface area contributed by atoms with Crippen LogP contribution in [-0.2, 0) is 4.79 Å². The van der Waals surface area contributed by atoms with Crippen molar-refractivity contribution < 1.29 is 19.5 Å². The van der Waals surface area contributed by atoms with Gasteiger partial charge in [-0.2, -0.15) is 0 Å². The van der Waals surface area contributed by atoms with Crippen LogP contribution in [0.25, 0.3) is 0 Å². The maximum atomic E-state index is 12.1. The number of nitrogens with one attached hydrogen (secondary N) is 2.